The Kier molecular flexibility index (Phi) is 5.32. The van der Waals surface area contributed by atoms with Crippen LogP contribution >= 0.6 is 7.82 Å². The van der Waals surface area contributed by atoms with Gasteiger partial charge in [0, 0.05) is 12.6 Å². The first kappa shape index (κ1) is 17.1. The third-order valence-electron chi connectivity index (χ3n) is 3.06. The van der Waals surface area contributed by atoms with Crippen molar-refractivity contribution in [1.29, 1.82) is 0 Å². The first-order valence-electron chi connectivity index (χ1n) is 6.62. The number of nitrogens with two attached hydrogens (primary N) is 1. The van der Waals surface area contributed by atoms with Gasteiger partial charge in [-0.1, -0.05) is 0 Å². The Balaban J connectivity index is 2.00. The second-order valence-corrected chi connectivity index (χ2v) is 6.11. The zero-order valence-corrected chi connectivity index (χ0v) is 12.8. The summed E-state index contributed by atoms with van der Waals surface area (Å²) in [5.74, 6) is 0.0811. The van der Waals surface area contributed by atoms with Crippen molar-refractivity contribution < 1.29 is 28.3 Å². The molecule has 0 aliphatic carbocycles. The van der Waals surface area contributed by atoms with Crippen molar-refractivity contribution in [3.05, 3.63) is 22.7 Å². The topological polar surface area (TPSA) is 146 Å². The molecule has 0 saturated carbocycles. The second-order valence-electron chi connectivity index (χ2n) is 4.66. The van der Waals surface area contributed by atoms with Crippen LogP contribution in [0.25, 0.3) is 0 Å². The number of hydrogen-bond acceptors (Lipinski definition) is 8. The largest absolute Gasteiger partial charge is 0.472 e. The monoisotopic (exact) mass is 335 g/mol. The van der Waals surface area contributed by atoms with Gasteiger partial charge in [0.1, 0.15) is 18.1 Å². The summed E-state index contributed by atoms with van der Waals surface area (Å²) < 4.78 is 27.3. The quantitative estimate of drug-likeness (QED) is 0.592. The van der Waals surface area contributed by atoms with Crippen molar-refractivity contribution in [1.82, 2.24) is 9.55 Å². The van der Waals surface area contributed by atoms with E-state index in [0.717, 1.165) is 0 Å². The summed E-state index contributed by atoms with van der Waals surface area (Å²) in [6, 6.07) is 1.43. The van der Waals surface area contributed by atoms with E-state index in [9.17, 15) is 19.4 Å². The summed E-state index contributed by atoms with van der Waals surface area (Å²) in [6.07, 6.45) is -1.06. The molecule has 0 bridgehead atoms. The van der Waals surface area contributed by atoms with E-state index in [1.54, 1.807) is 6.92 Å². The molecule has 1 aliphatic rings. The summed E-state index contributed by atoms with van der Waals surface area (Å²) in [7, 11) is -4.17. The lowest BCUT2D eigenvalue weighted by atomic mass is 10.2. The second kappa shape index (κ2) is 6.86. The minimum Gasteiger partial charge on any atom is -0.390 e. The highest BCUT2D eigenvalue weighted by atomic mass is 31.2. The summed E-state index contributed by atoms with van der Waals surface area (Å²) >= 11 is 0. The van der Waals surface area contributed by atoms with E-state index >= 15 is 0 Å². The third-order valence-corrected chi connectivity index (χ3v) is 4.12. The zero-order chi connectivity index (χ0) is 16.3. The Morgan fingerprint density at radius 3 is 2.95 bits per heavy atom. The maximum absolute atomic E-state index is 11.7. The van der Waals surface area contributed by atoms with Gasteiger partial charge in [0.05, 0.1) is 19.3 Å². The van der Waals surface area contributed by atoms with Crippen molar-refractivity contribution in [3.8, 4) is 0 Å². The maximum atomic E-state index is 11.7. The van der Waals surface area contributed by atoms with Gasteiger partial charge in [0.2, 0.25) is 0 Å². The molecular formula is C11H18N3O7P. The number of aromatic nitrogens is 2. The number of phosphoric acid groups is 1. The lowest BCUT2D eigenvalue weighted by Gasteiger charge is -2.17. The van der Waals surface area contributed by atoms with Crippen molar-refractivity contribution in [2.24, 2.45) is 0 Å². The number of aliphatic hydroxyl groups is 1. The SMILES string of the molecule is CCOP(=O)(O)OC[C@H]1O[C@@H](n2ccc(N)nc2=O)C[C@@H]1O. The van der Waals surface area contributed by atoms with Crippen LogP contribution in [0.2, 0.25) is 0 Å². The van der Waals surface area contributed by atoms with Crippen LogP contribution in [0.1, 0.15) is 19.6 Å². The van der Waals surface area contributed by atoms with Crippen LogP contribution in [0.5, 0.6) is 0 Å². The van der Waals surface area contributed by atoms with Crippen molar-refractivity contribution in [3.63, 3.8) is 0 Å². The average molecular weight is 335 g/mol. The van der Waals surface area contributed by atoms with Gasteiger partial charge in [-0.15, -0.1) is 0 Å². The van der Waals surface area contributed by atoms with Crippen molar-refractivity contribution >= 4 is 13.6 Å². The molecular weight excluding hydrogens is 317 g/mol. The molecule has 0 spiro atoms. The Morgan fingerprint density at radius 1 is 1.59 bits per heavy atom. The molecule has 4 N–H and O–H groups in total. The van der Waals surface area contributed by atoms with Crippen LogP contribution in [0.15, 0.2) is 17.1 Å². The van der Waals surface area contributed by atoms with E-state index in [0.29, 0.717) is 0 Å². The average Bonchev–Trinajstić information content (AvgIpc) is 2.77. The normalized spacial score (nSPS) is 27.7. The lowest BCUT2D eigenvalue weighted by Crippen LogP contribution is -2.28. The van der Waals surface area contributed by atoms with Crippen LogP contribution in [-0.4, -0.2) is 45.0 Å². The number of hydrogen-bond donors (Lipinski definition) is 3. The molecule has 22 heavy (non-hydrogen) atoms. The summed E-state index contributed by atoms with van der Waals surface area (Å²) in [4.78, 5) is 24.6. The number of aliphatic hydroxyl groups excluding tert-OH is 1. The van der Waals surface area contributed by atoms with Crippen LogP contribution in [0, 0.1) is 0 Å². The molecule has 1 saturated heterocycles. The van der Waals surface area contributed by atoms with E-state index in [1.165, 1.54) is 16.8 Å². The van der Waals surface area contributed by atoms with E-state index in [2.05, 4.69) is 9.51 Å². The smallest absolute Gasteiger partial charge is 0.390 e. The van der Waals surface area contributed by atoms with Crippen molar-refractivity contribution in [2.75, 3.05) is 18.9 Å². The molecule has 10 nitrogen and oxygen atoms in total. The first-order valence-corrected chi connectivity index (χ1v) is 8.12. The zero-order valence-electron chi connectivity index (χ0n) is 11.9. The molecule has 1 unspecified atom stereocenters. The molecule has 4 atom stereocenters. The number of nitrogen functional groups attached to an aromatic ring is 1. The number of phosphoric ester groups is 1. The standard InChI is InChI=1S/C11H18N3O7P/c1-2-19-22(17,18)20-6-8-7(15)5-10(21-8)14-4-3-9(12)13-11(14)16/h3-4,7-8,10,15H,2,5-6H2,1H3,(H,17,18)(H2,12,13,16)/t7-,8+,10+/m0/s1. The highest BCUT2D eigenvalue weighted by Crippen LogP contribution is 2.44. The molecule has 2 rings (SSSR count). The van der Waals surface area contributed by atoms with Gasteiger partial charge < -0.3 is 20.5 Å². The molecule has 1 aromatic heterocycles. The fourth-order valence-corrected chi connectivity index (χ4v) is 2.79. The van der Waals surface area contributed by atoms with Gasteiger partial charge in [0.25, 0.3) is 0 Å². The summed E-state index contributed by atoms with van der Waals surface area (Å²) in [5, 5.41) is 9.92. The molecule has 1 aliphatic heterocycles. The number of ether oxygens (including phenoxy) is 1. The maximum Gasteiger partial charge on any atom is 0.472 e. The third kappa shape index (κ3) is 4.13. The number of anilines is 1. The molecule has 1 fully saturated rings. The van der Waals surface area contributed by atoms with E-state index in [1.807, 2.05) is 0 Å². The van der Waals surface area contributed by atoms with Gasteiger partial charge in [-0.05, 0) is 13.0 Å². The van der Waals surface area contributed by atoms with E-state index in [4.69, 9.17) is 15.0 Å². The number of rotatable bonds is 6. The fourth-order valence-electron chi connectivity index (χ4n) is 2.05. The highest BCUT2D eigenvalue weighted by Gasteiger charge is 2.37. The van der Waals surface area contributed by atoms with Crippen LogP contribution < -0.4 is 11.4 Å². The molecule has 1 aromatic rings. The Bertz CT molecular complexity index is 622. The molecule has 0 aromatic carbocycles. The number of nitrogens with zero attached hydrogens (tertiary/aromatic N) is 2. The van der Waals surface area contributed by atoms with Crippen LogP contribution in [0.3, 0.4) is 0 Å². The highest BCUT2D eigenvalue weighted by molar-refractivity contribution is 7.47. The minimum atomic E-state index is -4.17. The summed E-state index contributed by atoms with van der Waals surface area (Å²) in [6.45, 7) is 1.21. The van der Waals surface area contributed by atoms with Gasteiger partial charge >= 0.3 is 13.5 Å². The molecule has 11 heteroatoms. The van der Waals surface area contributed by atoms with Gasteiger partial charge in [-0.25, -0.2) is 9.36 Å². The lowest BCUT2D eigenvalue weighted by molar-refractivity contribution is -0.0462. The van der Waals surface area contributed by atoms with Gasteiger partial charge in [0.15, 0.2) is 0 Å². The van der Waals surface area contributed by atoms with E-state index in [-0.39, 0.29) is 25.5 Å². The summed E-state index contributed by atoms with van der Waals surface area (Å²) in [5.41, 5.74) is 4.79. The molecule has 0 amide bonds. The van der Waals surface area contributed by atoms with E-state index < -0.39 is 31.9 Å². The Labute approximate surface area is 126 Å². The molecule has 0 radical (unpaired) electrons. The predicted molar refractivity (Wildman–Crippen MR) is 74.8 cm³/mol. The van der Waals surface area contributed by atoms with Gasteiger partial charge in [-0.2, -0.15) is 4.98 Å². The molecule has 2 heterocycles. The van der Waals surface area contributed by atoms with Gasteiger partial charge in [-0.3, -0.25) is 13.6 Å². The molecule has 124 valence electrons. The Hall–Kier alpha value is -1.29. The van der Waals surface area contributed by atoms with Crippen molar-refractivity contribution in [2.45, 2.75) is 31.8 Å². The van der Waals surface area contributed by atoms with Crippen LogP contribution in [0.4, 0.5) is 5.82 Å². The Morgan fingerprint density at radius 2 is 2.32 bits per heavy atom. The predicted octanol–water partition coefficient (Wildman–Crippen LogP) is -0.373. The first-order chi connectivity index (χ1) is 10.3. The fraction of sp³-hybridized carbons (Fsp3) is 0.636. The minimum absolute atomic E-state index is 0.0109. The van der Waals surface area contributed by atoms with Crippen LogP contribution in [-0.2, 0) is 18.3 Å².